The van der Waals surface area contributed by atoms with Crippen molar-refractivity contribution in [2.24, 2.45) is 10.8 Å². The summed E-state index contributed by atoms with van der Waals surface area (Å²) in [7, 11) is 1.72. The summed E-state index contributed by atoms with van der Waals surface area (Å²) in [5, 5.41) is 6.49. The Hall–Kier alpha value is -0.850. The molecule has 2 aliphatic rings. The predicted octanol–water partition coefficient (Wildman–Crippen LogP) is 1.97. The van der Waals surface area contributed by atoms with Crippen molar-refractivity contribution in [1.82, 2.24) is 15.5 Å². The molecule has 2 amide bonds. The Kier molecular flexibility index (Phi) is 8.83. The van der Waals surface area contributed by atoms with Gasteiger partial charge in [0.1, 0.15) is 6.04 Å². The van der Waals surface area contributed by atoms with Gasteiger partial charge in [0.15, 0.2) is 0 Å². The molecular formula is C19H36ClN3O3. The molecule has 2 fully saturated rings. The van der Waals surface area contributed by atoms with Crippen LogP contribution in [0.1, 0.15) is 52.9 Å². The fraction of sp³-hybridized carbons (Fsp3) is 0.895. The van der Waals surface area contributed by atoms with E-state index in [2.05, 4.69) is 31.4 Å². The standard InChI is InChI=1S/C19H35N3O3.ClH/c1-18(2,3)12-16(23)22-11-5-6-15(22)17(24)21-13-19(14-25-4)7-9-20-10-8-19;/h15,20H,5-14H2,1-4H3,(H,21,24);1H. The maximum Gasteiger partial charge on any atom is 0.242 e. The first-order valence-corrected chi connectivity index (χ1v) is 9.53. The number of methoxy groups -OCH3 is 1. The van der Waals surface area contributed by atoms with Gasteiger partial charge in [-0.2, -0.15) is 0 Å². The average Bonchev–Trinajstić information content (AvgIpc) is 3.02. The van der Waals surface area contributed by atoms with Crippen LogP contribution in [0, 0.1) is 10.8 Å². The van der Waals surface area contributed by atoms with E-state index in [0.29, 0.717) is 26.1 Å². The maximum absolute atomic E-state index is 12.8. The third kappa shape index (κ3) is 6.39. The number of carbonyl (C=O) groups excluding carboxylic acids is 2. The molecule has 0 aromatic rings. The highest BCUT2D eigenvalue weighted by molar-refractivity contribution is 5.88. The van der Waals surface area contributed by atoms with Crippen molar-refractivity contribution in [3.05, 3.63) is 0 Å². The Bertz CT molecular complexity index is 468. The van der Waals surface area contributed by atoms with Gasteiger partial charge in [0.2, 0.25) is 11.8 Å². The molecule has 0 bridgehead atoms. The van der Waals surface area contributed by atoms with Gasteiger partial charge in [-0.05, 0) is 44.2 Å². The molecule has 0 aromatic heterocycles. The third-order valence-electron chi connectivity index (χ3n) is 5.31. The monoisotopic (exact) mass is 389 g/mol. The number of piperidine rings is 1. The summed E-state index contributed by atoms with van der Waals surface area (Å²) in [5.41, 5.74) is -0.0488. The van der Waals surface area contributed by atoms with Crippen LogP contribution in [0.3, 0.4) is 0 Å². The summed E-state index contributed by atoms with van der Waals surface area (Å²) in [4.78, 5) is 27.1. The molecule has 0 saturated carbocycles. The van der Waals surface area contributed by atoms with Gasteiger partial charge in [0.25, 0.3) is 0 Å². The molecule has 0 radical (unpaired) electrons. The van der Waals surface area contributed by atoms with Crippen molar-refractivity contribution in [2.45, 2.75) is 58.9 Å². The topological polar surface area (TPSA) is 70.7 Å². The molecule has 1 atom stereocenters. The number of amides is 2. The van der Waals surface area contributed by atoms with E-state index in [1.54, 1.807) is 12.0 Å². The lowest BCUT2D eigenvalue weighted by Gasteiger charge is -2.37. The smallest absolute Gasteiger partial charge is 0.242 e. The first-order chi connectivity index (χ1) is 11.8. The van der Waals surface area contributed by atoms with E-state index >= 15 is 0 Å². The minimum absolute atomic E-state index is 0. The van der Waals surface area contributed by atoms with Gasteiger partial charge in [0.05, 0.1) is 6.61 Å². The Labute approximate surface area is 164 Å². The Morgan fingerprint density at radius 2 is 1.92 bits per heavy atom. The van der Waals surface area contributed by atoms with E-state index in [0.717, 1.165) is 38.8 Å². The fourth-order valence-corrected chi connectivity index (χ4v) is 3.92. The molecule has 2 aliphatic heterocycles. The molecule has 0 spiro atoms. The SMILES string of the molecule is COCC1(CNC(=O)C2CCCN2C(=O)CC(C)(C)C)CCNCC1.Cl. The number of likely N-dealkylation sites (tertiary alicyclic amines) is 1. The van der Waals surface area contributed by atoms with Crippen LogP contribution in [0.4, 0.5) is 0 Å². The average molecular weight is 390 g/mol. The second-order valence-electron chi connectivity index (χ2n) is 8.88. The van der Waals surface area contributed by atoms with E-state index in [1.807, 2.05) is 0 Å². The Morgan fingerprint density at radius 3 is 2.50 bits per heavy atom. The Morgan fingerprint density at radius 1 is 1.27 bits per heavy atom. The third-order valence-corrected chi connectivity index (χ3v) is 5.31. The summed E-state index contributed by atoms with van der Waals surface area (Å²) in [5.74, 6) is 0.0902. The number of hydrogen-bond acceptors (Lipinski definition) is 4. The minimum atomic E-state index is -0.309. The zero-order valence-electron chi connectivity index (χ0n) is 16.7. The number of nitrogens with one attached hydrogen (secondary N) is 2. The lowest BCUT2D eigenvalue weighted by atomic mass is 9.79. The van der Waals surface area contributed by atoms with E-state index < -0.39 is 0 Å². The van der Waals surface area contributed by atoms with Crippen molar-refractivity contribution >= 4 is 24.2 Å². The van der Waals surface area contributed by atoms with Crippen LogP contribution < -0.4 is 10.6 Å². The molecule has 2 N–H and O–H groups in total. The normalized spacial score (nSPS) is 22.6. The number of hydrogen-bond donors (Lipinski definition) is 2. The quantitative estimate of drug-likeness (QED) is 0.728. The summed E-state index contributed by atoms with van der Waals surface area (Å²) < 4.78 is 5.41. The molecule has 0 aromatic carbocycles. The largest absolute Gasteiger partial charge is 0.384 e. The van der Waals surface area contributed by atoms with Gasteiger partial charge >= 0.3 is 0 Å². The van der Waals surface area contributed by atoms with E-state index in [9.17, 15) is 9.59 Å². The lowest BCUT2D eigenvalue weighted by Crippen LogP contribution is -2.51. The summed E-state index contributed by atoms with van der Waals surface area (Å²) in [6.07, 6.45) is 4.15. The number of carbonyl (C=O) groups is 2. The number of nitrogens with zero attached hydrogens (tertiary/aromatic N) is 1. The van der Waals surface area contributed by atoms with Gasteiger partial charge in [-0.15, -0.1) is 12.4 Å². The minimum Gasteiger partial charge on any atom is -0.384 e. The van der Waals surface area contributed by atoms with E-state index in [4.69, 9.17) is 4.74 Å². The van der Waals surface area contributed by atoms with Crippen LogP contribution in [0.25, 0.3) is 0 Å². The fourth-order valence-electron chi connectivity index (χ4n) is 3.92. The molecule has 2 saturated heterocycles. The van der Waals surface area contributed by atoms with Crippen molar-refractivity contribution in [2.75, 3.05) is 39.9 Å². The highest BCUT2D eigenvalue weighted by Gasteiger charge is 2.37. The summed E-state index contributed by atoms with van der Waals surface area (Å²) in [6, 6.07) is -0.309. The van der Waals surface area contributed by atoms with Gasteiger partial charge in [-0.3, -0.25) is 9.59 Å². The van der Waals surface area contributed by atoms with Gasteiger partial charge in [0, 0.05) is 32.0 Å². The molecule has 2 rings (SSSR count). The highest BCUT2D eigenvalue weighted by Crippen LogP contribution is 2.29. The van der Waals surface area contributed by atoms with Crippen molar-refractivity contribution < 1.29 is 14.3 Å². The van der Waals surface area contributed by atoms with Crippen molar-refractivity contribution in [3.63, 3.8) is 0 Å². The molecule has 7 heteroatoms. The maximum atomic E-state index is 12.8. The molecule has 0 aliphatic carbocycles. The zero-order valence-corrected chi connectivity index (χ0v) is 17.5. The molecule has 26 heavy (non-hydrogen) atoms. The van der Waals surface area contributed by atoms with Crippen LogP contribution in [-0.2, 0) is 14.3 Å². The number of rotatable bonds is 6. The van der Waals surface area contributed by atoms with Crippen LogP contribution >= 0.6 is 12.4 Å². The van der Waals surface area contributed by atoms with Crippen LogP contribution in [0.2, 0.25) is 0 Å². The highest BCUT2D eigenvalue weighted by atomic mass is 35.5. The van der Waals surface area contributed by atoms with E-state index in [1.165, 1.54) is 0 Å². The summed E-state index contributed by atoms with van der Waals surface area (Å²) in [6.45, 7) is 10.1. The van der Waals surface area contributed by atoms with Crippen molar-refractivity contribution in [1.29, 1.82) is 0 Å². The predicted molar refractivity (Wildman–Crippen MR) is 105 cm³/mol. The van der Waals surface area contributed by atoms with Crippen LogP contribution in [0.5, 0.6) is 0 Å². The van der Waals surface area contributed by atoms with Crippen molar-refractivity contribution in [3.8, 4) is 0 Å². The molecule has 1 unspecified atom stereocenters. The Balaban J connectivity index is 0.00000338. The molecule has 2 heterocycles. The van der Waals surface area contributed by atoms with Gasteiger partial charge < -0.3 is 20.3 Å². The second kappa shape index (κ2) is 9.90. The first kappa shape index (κ1) is 23.2. The van der Waals surface area contributed by atoms with Gasteiger partial charge in [-0.25, -0.2) is 0 Å². The number of halogens is 1. The number of ether oxygens (including phenoxy) is 1. The summed E-state index contributed by atoms with van der Waals surface area (Å²) >= 11 is 0. The second-order valence-corrected chi connectivity index (χ2v) is 8.88. The molecule has 6 nitrogen and oxygen atoms in total. The van der Waals surface area contributed by atoms with Crippen LogP contribution in [-0.4, -0.2) is 62.7 Å². The lowest BCUT2D eigenvalue weighted by molar-refractivity contribution is -0.140. The van der Waals surface area contributed by atoms with E-state index in [-0.39, 0.29) is 41.1 Å². The first-order valence-electron chi connectivity index (χ1n) is 9.53. The van der Waals surface area contributed by atoms with Gasteiger partial charge in [-0.1, -0.05) is 20.8 Å². The molecular weight excluding hydrogens is 354 g/mol. The molecule has 152 valence electrons. The zero-order chi connectivity index (χ0) is 18.5. The van der Waals surface area contributed by atoms with Crippen LogP contribution in [0.15, 0.2) is 0 Å².